The number of ether oxygens (including phenoxy) is 1. The van der Waals surface area contributed by atoms with Gasteiger partial charge in [0, 0.05) is 26.1 Å². The topological polar surface area (TPSA) is 29.5 Å². The van der Waals surface area contributed by atoms with Crippen molar-refractivity contribution < 1.29 is 9.53 Å². The molecule has 0 bridgehead atoms. The minimum atomic E-state index is 0.287. The molecule has 0 unspecified atom stereocenters. The second-order valence-electron chi connectivity index (χ2n) is 4.03. The van der Waals surface area contributed by atoms with Gasteiger partial charge in [-0.25, -0.2) is 0 Å². The van der Waals surface area contributed by atoms with Crippen LogP contribution >= 0.6 is 0 Å². The molecule has 0 aliphatic carbocycles. The Morgan fingerprint density at radius 2 is 1.81 bits per heavy atom. The smallest absolute Gasteiger partial charge is 0.222 e. The number of hydrogen-bond acceptors (Lipinski definition) is 2. The zero-order valence-corrected chi connectivity index (χ0v) is 11.1. The summed E-state index contributed by atoms with van der Waals surface area (Å²) in [4.78, 5) is 13.8. The fraction of sp³-hybridized carbons (Fsp3) is 0.923. The van der Waals surface area contributed by atoms with Gasteiger partial charge in [0.15, 0.2) is 0 Å². The Bertz CT molecular complexity index is 171. The van der Waals surface area contributed by atoms with Crippen LogP contribution in [0.5, 0.6) is 0 Å². The van der Waals surface area contributed by atoms with E-state index >= 15 is 0 Å². The number of carbonyl (C=O) groups is 1. The normalized spacial score (nSPS) is 10.4. The molecule has 0 aromatic rings. The van der Waals surface area contributed by atoms with Gasteiger partial charge in [0.25, 0.3) is 0 Å². The molecule has 0 fully saturated rings. The molecular formula is C13H27NO2. The molecule has 0 aliphatic heterocycles. The average Bonchev–Trinajstić information content (AvgIpc) is 2.28. The highest BCUT2D eigenvalue weighted by molar-refractivity contribution is 5.76. The van der Waals surface area contributed by atoms with E-state index in [1.54, 1.807) is 0 Å². The first-order valence-corrected chi connectivity index (χ1v) is 6.61. The molecule has 0 spiro atoms. The van der Waals surface area contributed by atoms with Crippen LogP contribution in [0, 0.1) is 0 Å². The summed E-state index contributed by atoms with van der Waals surface area (Å²) in [6.45, 7) is 9.23. The van der Waals surface area contributed by atoms with E-state index < -0.39 is 0 Å². The van der Waals surface area contributed by atoms with Crippen LogP contribution in [0.1, 0.15) is 52.9 Å². The number of nitrogens with zero attached hydrogens (tertiary/aromatic N) is 1. The maximum atomic E-state index is 11.9. The van der Waals surface area contributed by atoms with E-state index in [9.17, 15) is 4.79 Å². The van der Waals surface area contributed by atoms with E-state index in [0.717, 1.165) is 39.0 Å². The Morgan fingerprint density at radius 1 is 1.06 bits per heavy atom. The molecule has 0 heterocycles. The zero-order chi connectivity index (χ0) is 12.2. The first kappa shape index (κ1) is 15.4. The third-order valence-corrected chi connectivity index (χ3v) is 2.55. The van der Waals surface area contributed by atoms with Crippen LogP contribution in [0.4, 0.5) is 0 Å². The van der Waals surface area contributed by atoms with Crippen LogP contribution in [0.3, 0.4) is 0 Å². The number of unbranched alkanes of at least 4 members (excludes halogenated alkanes) is 2. The van der Waals surface area contributed by atoms with Crippen molar-refractivity contribution in [1.82, 2.24) is 4.90 Å². The van der Waals surface area contributed by atoms with Crippen LogP contribution in [-0.2, 0) is 9.53 Å². The third-order valence-electron chi connectivity index (χ3n) is 2.55. The van der Waals surface area contributed by atoms with Crippen LogP contribution in [0.15, 0.2) is 0 Å². The van der Waals surface area contributed by atoms with Crippen LogP contribution in [0.25, 0.3) is 0 Å². The van der Waals surface area contributed by atoms with Crippen molar-refractivity contribution in [3.8, 4) is 0 Å². The van der Waals surface area contributed by atoms with Crippen molar-refractivity contribution in [1.29, 1.82) is 0 Å². The van der Waals surface area contributed by atoms with Crippen LogP contribution in [-0.4, -0.2) is 37.1 Å². The van der Waals surface area contributed by atoms with Crippen molar-refractivity contribution >= 4 is 5.91 Å². The van der Waals surface area contributed by atoms with Crippen molar-refractivity contribution in [2.45, 2.75) is 52.9 Å². The predicted molar refractivity (Wildman–Crippen MR) is 67.5 cm³/mol. The number of carbonyl (C=O) groups excluding carboxylic acids is 1. The summed E-state index contributed by atoms with van der Waals surface area (Å²) in [6.07, 6.45) is 5.05. The average molecular weight is 229 g/mol. The Hall–Kier alpha value is -0.570. The van der Waals surface area contributed by atoms with Crippen LogP contribution < -0.4 is 0 Å². The molecule has 0 N–H and O–H groups in total. The van der Waals surface area contributed by atoms with Crippen molar-refractivity contribution in [3.63, 3.8) is 0 Å². The second-order valence-corrected chi connectivity index (χ2v) is 4.03. The molecule has 0 atom stereocenters. The lowest BCUT2D eigenvalue weighted by Gasteiger charge is -2.22. The quantitative estimate of drug-likeness (QED) is 0.539. The van der Waals surface area contributed by atoms with Gasteiger partial charge in [-0.05, 0) is 19.8 Å². The highest BCUT2D eigenvalue weighted by atomic mass is 16.5. The molecule has 3 nitrogen and oxygen atoms in total. The highest BCUT2D eigenvalue weighted by Crippen LogP contribution is 2.04. The molecule has 16 heavy (non-hydrogen) atoms. The molecule has 0 saturated carbocycles. The van der Waals surface area contributed by atoms with Gasteiger partial charge < -0.3 is 9.64 Å². The van der Waals surface area contributed by atoms with Gasteiger partial charge in [-0.2, -0.15) is 0 Å². The number of hydrogen-bond donors (Lipinski definition) is 0. The summed E-state index contributed by atoms with van der Waals surface area (Å²) in [5.74, 6) is 0.287. The van der Waals surface area contributed by atoms with Gasteiger partial charge >= 0.3 is 0 Å². The van der Waals surface area contributed by atoms with Gasteiger partial charge in [-0.1, -0.05) is 26.7 Å². The Morgan fingerprint density at radius 3 is 2.38 bits per heavy atom. The second kappa shape index (κ2) is 10.9. The first-order valence-electron chi connectivity index (χ1n) is 6.61. The highest BCUT2D eigenvalue weighted by Gasteiger charge is 2.11. The van der Waals surface area contributed by atoms with E-state index in [1.807, 2.05) is 11.8 Å². The summed E-state index contributed by atoms with van der Waals surface area (Å²) in [7, 11) is 0. The van der Waals surface area contributed by atoms with E-state index in [4.69, 9.17) is 4.74 Å². The lowest BCUT2D eigenvalue weighted by atomic mass is 10.2. The van der Waals surface area contributed by atoms with Gasteiger partial charge in [0.05, 0.1) is 6.61 Å². The number of amides is 1. The maximum Gasteiger partial charge on any atom is 0.222 e. The molecule has 0 aromatic heterocycles. The standard InChI is InChI=1S/C13H27NO2/c1-4-7-8-9-13(15)14(10-5-2)11-12-16-6-3/h4-12H2,1-3H3. The lowest BCUT2D eigenvalue weighted by Crippen LogP contribution is -2.34. The number of rotatable bonds is 10. The van der Waals surface area contributed by atoms with E-state index in [2.05, 4.69) is 13.8 Å². The molecule has 0 saturated heterocycles. The predicted octanol–water partition coefficient (Wildman–Crippen LogP) is 2.84. The summed E-state index contributed by atoms with van der Waals surface area (Å²) in [5.41, 5.74) is 0. The van der Waals surface area contributed by atoms with Crippen molar-refractivity contribution in [3.05, 3.63) is 0 Å². The van der Waals surface area contributed by atoms with E-state index in [-0.39, 0.29) is 5.91 Å². The van der Waals surface area contributed by atoms with E-state index in [1.165, 1.54) is 6.42 Å². The summed E-state index contributed by atoms with van der Waals surface area (Å²) in [6, 6.07) is 0. The van der Waals surface area contributed by atoms with Gasteiger partial charge in [-0.15, -0.1) is 0 Å². The minimum Gasteiger partial charge on any atom is -0.380 e. The molecule has 1 amide bonds. The maximum absolute atomic E-state index is 11.9. The molecule has 3 heteroatoms. The zero-order valence-electron chi connectivity index (χ0n) is 11.1. The van der Waals surface area contributed by atoms with Crippen LogP contribution in [0.2, 0.25) is 0 Å². The summed E-state index contributed by atoms with van der Waals surface area (Å²) < 4.78 is 5.29. The monoisotopic (exact) mass is 229 g/mol. The summed E-state index contributed by atoms with van der Waals surface area (Å²) >= 11 is 0. The van der Waals surface area contributed by atoms with Crippen molar-refractivity contribution in [2.75, 3.05) is 26.3 Å². The molecule has 0 radical (unpaired) electrons. The van der Waals surface area contributed by atoms with Gasteiger partial charge in [0.2, 0.25) is 5.91 Å². The lowest BCUT2D eigenvalue weighted by molar-refractivity contribution is -0.132. The molecule has 96 valence electrons. The molecule has 0 rings (SSSR count). The van der Waals surface area contributed by atoms with Gasteiger partial charge in [0.1, 0.15) is 0 Å². The largest absolute Gasteiger partial charge is 0.380 e. The van der Waals surface area contributed by atoms with E-state index in [0.29, 0.717) is 13.0 Å². The Kier molecular flexibility index (Phi) is 10.5. The fourth-order valence-electron chi connectivity index (χ4n) is 1.63. The SMILES string of the molecule is CCCCCC(=O)N(CCC)CCOCC. The molecule has 0 aliphatic rings. The molecular weight excluding hydrogens is 202 g/mol. The Balaban J connectivity index is 3.82. The Labute approximate surface area is 100 Å². The summed E-state index contributed by atoms with van der Waals surface area (Å²) in [5, 5.41) is 0. The van der Waals surface area contributed by atoms with Gasteiger partial charge in [-0.3, -0.25) is 4.79 Å². The third kappa shape index (κ3) is 7.69. The minimum absolute atomic E-state index is 0.287. The molecule has 0 aromatic carbocycles. The first-order chi connectivity index (χ1) is 7.76. The fourth-order valence-corrected chi connectivity index (χ4v) is 1.63. The van der Waals surface area contributed by atoms with Crippen molar-refractivity contribution in [2.24, 2.45) is 0 Å².